The zero-order chi connectivity index (χ0) is 9.52. The summed E-state index contributed by atoms with van der Waals surface area (Å²) in [5, 5.41) is 9.07. The molecule has 0 spiro atoms. The SMILES string of the molecule is C=CC[C@H](CO)Cc1ccccc1.S. The first-order chi connectivity index (χ1) is 6.36. The van der Waals surface area contributed by atoms with Crippen LogP contribution in [0.3, 0.4) is 0 Å². The highest BCUT2D eigenvalue weighted by molar-refractivity contribution is 7.59. The van der Waals surface area contributed by atoms with E-state index in [4.69, 9.17) is 5.11 Å². The van der Waals surface area contributed by atoms with Gasteiger partial charge in [-0.2, -0.15) is 13.5 Å². The maximum absolute atomic E-state index is 9.07. The Balaban J connectivity index is 0.00000169. The van der Waals surface area contributed by atoms with Crippen LogP contribution in [0.1, 0.15) is 12.0 Å². The van der Waals surface area contributed by atoms with Crippen LogP contribution in [0.4, 0.5) is 0 Å². The Morgan fingerprint density at radius 3 is 2.43 bits per heavy atom. The molecule has 0 aliphatic rings. The molecule has 0 radical (unpaired) electrons. The second-order valence-electron chi connectivity index (χ2n) is 3.26. The van der Waals surface area contributed by atoms with E-state index in [2.05, 4.69) is 18.7 Å². The van der Waals surface area contributed by atoms with Crippen molar-refractivity contribution in [2.75, 3.05) is 6.61 Å². The van der Waals surface area contributed by atoms with Gasteiger partial charge in [-0.25, -0.2) is 0 Å². The smallest absolute Gasteiger partial charge is 0.0465 e. The van der Waals surface area contributed by atoms with Gasteiger partial charge in [-0.1, -0.05) is 36.4 Å². The van der Waals surface area contributed by atoms with E-state index in [0.717, 1.165) is 12.8 Å². The van der Waals surface area contributed by atoms with Crippen molar-refractivity contribution in [1.29, 1.82) is 0 Å². The van der Waals surface area contributed by atoms with Gasteiger partial charge < -0.3 is 5.11 Å². The standard InChI is InChI=1S/C12H16O.H2S/c1-2-6-12(10-13)9-11-7-4-3-5-8-11;/h2-5,7-8,12-13H,1,6,9-10H2;1H2/t12-;/m0./s1. The molecule has 1 aromatic rings. The highest BCUT2D eigenvalue weighted by Crippen LogP contribution is 2.11. The van der Waals surface area contributed by atoms with Crippen LogP contribution in [0.15, 0.2) is 43.0 Å². The fourth-order valence-corrected chi connectivity index (χ4v) is 1.41. The average Bonchev–Trinajstić information content (AvgIpc) is 2.19. The molecule has 0 aliphatic heterocycles. The third-order valence-electron chi connectivity index (χ3n) is 2.13. The molecule has 14 heavy (non-hydrogen) atoms. The molecule has 0 aromatic heterocycles. The van der Waals surface area contributed by atoms with E-state index in [9.17, 15) is 0 Å². The first-order valence-electron chi connectivity index (χ1n) is 4.62. The lowest BCUT2D eigenvalue weighted by molar-refractivity contribution is 0.227. The Bertz CT molecular complexity index is 246. The fraction of sp³-hybridized carbons (Fsp3) is 0.333. The average molecular weight is 210 g/mol. The Morgan fingerprint density at radius 1 is 1.29 bits per heavy atom. The van der Waals surface area contributed by atoms with Gasteiger partial charge in [0.2, 0.25) is 0 Å². The Morgan fingerprint density at radius 2 is 1.93 bits per heavy atom. The molecule has 0 aliphatic carbocycles. The molecule has 1 nitrogen and oxygen atoms in total. The zero-order valence-electron chi connectivity index (χ0n) is 8.32. The molecule has 78 valence electrons. The molecule has 1 atom stereocenters. The summed E-state index contributed by atoms with van der Waals surface area (Å²) in [6, 6.07) is 10.2. The summed E-state index contributed by atoms with van der Waals surface area (Å²) in [6.45, 7) is 3.92. The molecule has 0 saturated carbocycles. The highest BCUT2D eigenvalue weighted by atomic mass is 32.1. The van der Waals surface area contributed by atoms with Crippen LogP contribution in [0.2, 0.25) is 0 Å². The molecule has 0 fully saturated rings. The highest BCUT2D eigenvalue weighted by Gasteiger charge is 2.05. The number of hydrogen-bond donors (Lipinski definition) is 1. The van der Waals surface area contributed by atoms with E-state index in [1.54, 1.807) is 0 Å². The van der Waals surface area contributed by atoms with Crippen molar-refractivity contribution in [2.45, 2.75) is 12.8 Å². The first kappa shape index (κ1) is 13.3. The van der Waals surface area contributed by atoms with Crippen LogP contribution in [0.5, 0.6) is 0 Å². The molecular formula is C12H18OS. The van der Waals surface area contributed by atoms with E-state index in [-0.39, 0.29) is 20.1 Å². The summed E-state index contributed by atoms with van der Waals surface area (Å²) in [6.07, 6.45) is 3.68. The molecule has 1 rings (SSSR count). The van der Waals surface area contributed by atoms with Gasteiger partial charge in [0.1, 0.15) is 0 Å². The minimum Gasteiger partial charge on any atom is -0.396 e. The Hall–Kier alpha value is -0.730. The molecule has 1 N–H and O–H groups in total. The number of aliphatic hydroxyl groups excluding tert-OH is 1. The lowest BCUT2D eigenvalue weighted by atomic mass is 9.97. The number of allylic oxidation sites excluding steroid dienone is 1. The maximum atomic E-state index is 9.07. The molecule has 0 amide bonds. The van der Waals surface area contributed by atoms with E-state index in [1.807, 2.05) is 24.3 Å². The van der Waals surface area contributed by atoms with E-state index >= 15 is 0 Å². The molecule has 0 bridgehead atoms. The normalized spacial score (nSPS) is 11.5. The van der Waals surface area contributed by atoms with Gasteiger partial charge in [0, 0.05) is 6.61 Å². The van der Waals surface area contributed by atoms with Crippen LogP contribution in [0, 0.1) is 5.92 Å². The van der Waals surface area contributed by atoms with Crippen LogP contribution in [-0.4, -0.2) is 11.7 Å². The number of aliphatic hydroxyl groups is 1. The Kier molecular flexibility index (Phi) is 7.25. The van der Waals surface area contributed by atoms with Gasteiger partial charge in [-0.3, -0.25) is 0 Å². The fourth-order valence-electron chi connectivity index (χ4n) is 1.41. The van der Waals surface area contributed by atoms with Gasteiger partial charge in [0.25, 0.3) is 0 Å². The van der Waals surface area contributed by atoms with Crippen molar-refractivity contribution < 1.29 is 5.11 Å². The summed E-state index contributed by atoms with van der Waals surface area (Å²) in [5.74, 6) is 0.319. The van der Waals surface area contributed by atoms with Gasteiger partial charge >= 0.3 is 0 Å². The minimum atomic E-state index is 0. The van der Waals surface area contributed by atoms with Crippen molar-refractivity contribution in [1.82, 2.24) is 0 Å². The first-order valence-corrected chi connectivity index (χ1v) is 4.62. The topological polar surface area (TPSA) is 20.2 Å². The van der Waals surface area contributed by atoms with Gasteiger partial charge in [0.05, 0.1) is 0 Å². The zero-order valence-corrected chi connectivity index (χ0v) is 9.32. The van der Waals surface area contributed by atoms with Crippen molar-refractivity contribution in [2.24, 2.45) is 5.92 Å². The largest absolute Gasteiger partial charge is 0.396 e. The monoisotopic (exact) mass is 210 g/mol. The van der Waals surface area contributed by atoms with Gasteiger partial charge in [0.15, 0.2) is 0 Å². The quantitative estimate of drug-likeness (QED) is 0.740. The molecular weight excluding hydrogens is 192 g/mol. The molecule has 0 unspecified atom stereocenters. The van der Waals surface area contributed by atoms with Crippen molar-refractivity contribution >= 4 is 13.5 Å². The minimum absolute atomic E-state index is 0. The number of hydrogen-bond acceptors (Lipinski definition) is 1. The molecule has 1 aromatic carbocycles. The summed E-state index contributed by atoms with van der Waals surface area (Å²) in [4.78, 5) is 0. The third-order valence-corrected chi connectivity index (χ3v) is 2.13. The van der Waals surface area contributed by atoms with Crippen LogP contribution < -0.4 is 0 Å². The molecule has 2 heteroatoms. The lowest BCUT2D eigenvalue weighted by Crippen LogP contribution is -2.08. The van der Waals surface area contributed by atoms with Crippen LogP contribution >= 0.6 is 13.5 Å². The molecule has 0 heterocycles. The van der Waals surface area contributed by atoms with Crippen molar-refractivity contribution in [3.8, 4) is 0 Å². The van der Waals surface area contributed by atoms with Gasteiger partial charge in [-0.05, 0) is 24.3 Å². The van der Waals surface area contributed by atoms with E-state index in [1.165, 1.54) is 5.56 Å². The van der Waals surface area contributed by atoms with E-state index in [0.29, 0.717) is 5.92 Å². The predicted molar refractivity (Wildman–Crippen MR) is 65.9 cm³/mol. The Labute approximate surface area is 92.9 Å². The second kappa shape index (κ2) is 7.65. The van der Waals surface area contributed by atoms with E-state index < -0.39 is 0 Å². The van der Waals surface area contributed by atoms with Crippen molar-refractivity contribution in [3.05, 3.63) is 48.6 Å². The van der Waals surface area contributed by atoms with Crippen LogP contribution in [0.25, 0.3) is 0 Å². The third kappa shape index (κ3) is 4.49. The lowest BCUT2D eigenvalue weighted by Gasteiger charge is -2.11. The summed E-state index contributed by atoms with van der Waals surface area (Å²) >= 11 is 0. The summed E-state index contributed by atoms with van der Waals surface area (Å²) in [7, 11) is 0. The number of benzene rings is 1. The summed E-state index contributed by atoms with van der Waals surface area (Å²) < 4.78 is 0. The molecule has 0 saturated heterocycles. The number of rotatable bonds is 5. The van der Waals surface area contributed by atoms with Gasteiger partial charge in [-0.15, -0.1) is 6.58 Å². The maximum Gasteiger partial charge on any atom is 0.0465 e. The van der Waals surface area contributed by atoms with Crippen molar-refractivity contribution in [3.63, 3.8) is 0 Å². The predicted octanol–water partition coefficient (Wildman–Crippen LogP) is 2.53. The summed E-state index contributed by atoms with van der Waals surface area (Å²) in [5.41, 5.74) is 1.28. The second-order valence-corrected chi connectivity index (χ2v) is 3.26. The van der Waals surface area contributed by atoms with Crippen LogP contribution in [-0.2, 0) is 6.42 Å².